The zero-order valence-electron chi connectivity index (χ0n) is 8.25. The lowest BCUT2D eigenvalue weighted by Gasteiger charge is -2.57. The van der Waals surface area contributed by atoms with Crippen LogP contribution in [0.4, 0.5) is 0 Å². The maximum Gasteiger partial charge on any atom is 0.269 e. The van der Waals surface area contributed by atoms with Crippen molar-refractivity contribution in [3.8, 4) is 0 Å². The van der Waals surface area contributed by atoms with Crippen LogP contribution < -0.4 is 0 Å². The number of hydrogen-bond donors (Lipinski definition) is 0. The molecule has 0 unspecified atom stereocenters. The fourth-order valence-corrected chi connectivity index (χ4v) is 5.03. The molecule has 5 rings (SSSR count). The molecule has 5 aliphatic rings. The Labute approximate surface area is 89.1 Å². The van der Waals surface area contributed by atoms with Crippen molar-refractivity contribution >= 4 is 11.6 Å². The fourth-order valence-electron chi connectivity index (χ4n) is 4.76. The van der Waals surface area contributed by atoms with Crippen LogP contribution >= 0.6 is 11.6 Å². The average Bonchev–Trinajstić information content (AvgIpc) is 2.82. The van der Waals surface area contributed by atoms with E-state index >= 15 is 0 Å². The van der Waals surface area contributed by atoms with E-state index < -0.39 is 5.12 Å². The summed E-state index contributed by atoms with van der Waals surface area (Å²) < 4.78 is 0. The molecule has 0 saturated heterocycles. The van der Waals surface area contributed by atoms with Gasteiger partial charge in [-0.3, -0.25) is 0 Å². The predicted octanol–water partition coefficient (Wildman–Crippen LogP) is 3.56. The van der Waals surface area contributed by atoms with Crippen LogP contribution in [0.25, 0.3) is 0 Å². The first kappa shape index (κ1) is 8.09. The van der Waals surface area contributed by atoms with Gasteiger partial charge in [0.2, 0.25) is 0 Å². The third-order valence-corrected chi connectivity index (χ3v) is 5.54. The van der Waals surface area contributed by atoms with Gasteiger partial charge >= 0.3 is 0 Å². The van der Waals surface area contributed by atoms with Crippen LogP contribution in [0, 0.1) is 23.2 Å². The molecule has 4 aliphatic carbocycles. The Balaban J connectivity index is 1.74. The number of alkyl halides is 1. The monoisotopic (exact) mass is 210 g/mol. The van der Waals surface area contributed by atoms with Gasteiger partial charge in [-0.15, -0.1) is 10.2 Å². The summed E-state index contributed by atoms with van der Waals surface area (Å²) in [4.78, 5) is 0. The Hall–Kier alpha value is -0.110. The topological polar surface area (TPSA) is 24.7 Å². The van der Waals surface area contributed by atoms with Crippen LogP contribution in [0.1, 0.15) is 38.5 Å². The van der Waals surface area contributed by atoms with Gasteiger partial charge in [0.15, 0.2) is 0 Å². The lowest BCUT2D eigenvalue weighted by Crippen LogP contribution is -2.51. The van der Waals surface area contributed by atoms with Gasteiger partial charge in [0.1, 0.15) is 0 Å². The molecular weight excluding hydrogens is 196 g/mol. The van der Waals surface area contributed by atoms with Gasteiger partial charge < -0.3 is 0 Å². The molecule has 76 valence electrons. The van der Waals surface area contributed by atoms with E-state index in [0.717, 1.165) is 17.8 Å². The highest BCUT2D eigenvalue weighted by Crippen LogP contribution is 2.68. The summed E-state index contributed by atoms with van der Waals surface area (Å²) in [5.41, 5.74) is 0.281. The minimum atomic E-state index is -0.469. The molecule has 1 heterocycles. The summed E-state index contributed by atoms with van der Waals surface area (Å²) >= 11 is 6.43. The maximum absolute atomic E-state index is 6.43. The molecule has 4 saturated carbocycles. The van der Waals surface area contributed by atoms with Gasteiger partial charge in [-0.25, -0.2) is 0 Å². The molecule has 3 heteroatoms. The molecule has 0 aromatic carbocycles. The molecule has 0 aromatic rings. The third kappa shape index (κ3) is 0.843. The third-order valence-electron chi connectivity index (χ3n) is 4.99. The van der Waals surface area contributed by atoms with E-state index in [1.807, 2.05) is 0 Å². The van der Waals surface area contributed by atoms with E-state index in [0.29, 0.717) is 0 Å². The van der Waals surface area contributed by atoms with Crippen LogP contribution in [-0.2, 0) is 0 Å². The van der Waals surface area contributed by atoms with Crippen LogP contribution in [0.5, 0.6) is 0 Å². The first-order valence-electron chi connectivity index (χ1n) is 5.82. The Bertz CT molecular complexity index is 282. The second kappa shape index (κ2) is 2.18. The van der Waals surface area contributed by atoms with Gasteiger partial charge in [0, 0.05) is 5.41 Å². The summed E-state index contributed by atoms with van der Waals surface area (Å²) in [7, 11) is 0. The second-order valence-corrected chi connectivity index (χ2v) is 6.51. The van der Waals surface area contributed by atoms with Gasteiger partial charge in [-0.05, 0) is 56.3 Å². The van der Waals surface area contributed by atoms with Crippen molar-refractivity contribution in [2.75, 3.05) is 0 Å². The van der Waals surface area contributed by atoms with Crippen molar-refractivity contribution in [2.45, 2.75) is 43.6 Å². The van der Waals surface area contributed by atoms with Crippen molar-refractivity contribution < 1.29 is 0 Å². The fraction of sp³-hybridized carbons (Fsp3) is 1.00. The zero-order valence-corrected chi connectivity index (χ0v) is 9.00. The molecule has 2 nitrogen and oxygen atoms in total. The summed E-state index contributed by atoms with van der Waals surface area (Å²) in [6, 6.07) is 0. The van der Waals surface area contributed by atoms with Crippen LogP contribution in [0.2, 0.25) is 0 Å². The largest absolute Gasteiger partial charge is 0.269 e. The van der Waals surface area contributed by atoms with Crippen molar-refractivity contribution in [3.63, 3.8) is 0 Å². The Kier molecular flexibility index (Phi) is 1.26. The van der Waals surface area contributed by atoms with Crippen molar-refractivity contribution in [3.05, 3.63) is 0 Å². The molecule has 14 heavy (non-hydrogen) atoms. The summed E-state index contributed by atoms with van der Waals surface area (Å²) in [5.74, 6) is 2.84. The predicted molar refractivity (Wildman–Crippen MR) is 54.0 cm³/mol. The average molecular weight is 211 g/mol. The Morgan fingerprint density at radius 2 is 1.29 bits per heavy atom. The first-order valence-corrected chi connectivity index (χ1v) is 6.20. The van der Waals surface area contributed by atoms with Crippen LogP contribution in [-0.4, -0.2) is 5.12 Å². The molecule has 1 aliphatic heterocycles. The first-order chi connectivity index (χ1) is 6.69. The molecule has 0 spiro atoms. The molecule has 0 atom stereocenters. The van der Waals surface area contributed by atoms with Gasteiger partial charge in [0.25, 0.3) is 5.12 Å². The van der Waals surface area contributed by atoms with Crippen molar-refractivity contribution in [2.24, 2.45) is 33.4 Å². The number of halogens is 1. The summed E-state index contributed by atoms with van der Waals surface area (Å²) in [6.45, 7) is 0. The molecule has 0 aromatic heterocycles. The molecule has 0 radical (unpaired) electrons. The highest BCUT2D eigenvalue weighted by molar-refractivity contribution is 6.25. The van der Waals surface area contributed by atoms with E-state index in [1.165, 1.54) is 38.5 Å². The number of rotatable bonds is 1. The van der Waals surface area contributed by atoms with E-state index in [2.05, 4.69) is 10.2 Å². The Morgan fingerprint density at radius 1 is 0.857 bits per heavy atom. The summed E-state index contributed by atoms with van der Waals surface area (Å²) in [6.07, 6.45) is 8.30. The maximum atomic E-state index is 6.43. The quantitative estimate of drug-likeness (QED) is 0.467. The lowest BCUT2D eigenvalue weighted by atomic mass is 9.49. The minimum absolute atomic E-state index is 0.281. The van der Waals surface area contributed by atoms with Gasteiger partial charge in [0.05, 0.1) is 0 Å². The minimum Gasteiger partial charge on any atom is -0.140 e. The van der Waals surface area contributed by atoms with Crippen LogP contribution in [0.15, 0.2) is 10.2 Å². The zero-order chi connectivity index (χ0) is 9.39. The SMILES string of the molecule is ClC1(C23CC4CC(CC(C4)C2)C3)N=N1. The van der Waals surface area contributed by atoms with Crippen molar-refractivity contribution in [1.29, 1.82) is 0 Å². The lowest BCUT2D eigenvalue weighted by molar-refractivity contribution is -0.0625. The summed E-state index contributed by atoms with van der Waals surface area (Å²) in [5, 5.41) is 7.76. The molecule has 4 fully saturated rings. The number of nitrogens with zero attached hydrogens (tertiary/aromatic N) is 2. The van der Waals surface area contributed by atoms with Crippen LogP contribution in [0.3, 0.4) is 0 Å². The van der Waals surface area contributed by atoms with Gasteiger partial charge in [-0.1, -0.05) is 11.6 Å². The molecule has 0 amide bonds. The Morgan fingerprint density at radius 3 is 1.64 bits per heavy atom. The van der Waals surface area contributed by atoms with Crippen molar-refractivity contribution in [1.82, 2.24) is 0 Å². The molecule has 0 N–H and O–H groups in total. The standard InChI is InChI=1S/C11H15ClN2/c12-11(13-14-11)10-4-7-1-8(5-10)3-9(2-7)6-10/h7-9H,1-6H2. The van der Waals surface area contributed by atoms with E-state index in [4.69, 9.17) is 11.6 Å². The normalized spacial score (nSPS) is 56.5. The van der Waals surface area contributed by atoms with E-state index in [-0.39, 0.29) is 5.41 Å². The molecule has 4 bridgehead atoms. The molecular formula is C11H15ClN2. The van der Waals surface area contributed by atoms with Gasteiger partial charge in [-0.2, -0.15) is 0 Å². The number of hydrogen-bond acceptors (Lipinski definition) is 2. The van der Waals surface area contributed by atoms with E-state index in [1.54, 1.807) is 0 Å². The van der Waals surface area contributed by atoms with E-state index in [9.17, 15) is 0 Å². The smallest absolute Gasteiger partial charge is 0.140 e. The highest BCUT2D eigenvalue weighted by Gasteiger charge is 2.65. The second-order valence-electron chi connectivity index (χ2n) is 5.99. The highest BCUT2D eigenvalue weighted by atomic mass is 35.5.